The van der Waals surface area contributed by atoms with Crippen molar-refractivity contribution in [3.8, 4) is 11.1 Å². The Balaban J connectivity index is 1.41. The van der Waals surface area contributed by atoms with Gasteiger partial charge in [0.25, 0.3) is 5.56 Å². The molecule has 1 saturated heterocycles. The summed E-state index contributed by atoms with van der Waals surface area (Å²) in [6, 6.07) is 7.28. The van der Waals surface area contributed by atoms with Crippen LogP contribution in [0.25, 0.3) is 11.1 Å². The van der Waals surface area contributed by atoms with Crippen molar-refractivity contribution in [3.63, 3.8) is 0 Å². The molecule has 42 heavy (non-hydrogen) atoms. The number of carbonyl (C=O) groups excluding carboxylic acids is 2. The Morgan fingerprint density at radius 1 is 1.07 bits per heavy atom. The molecule has 2 aliphatic carbocycles. The summed E-state index contributed by atoms with van der Waals surface area (Å²) >= 11 is 0. The Morgan fingerprint density at radius 2 is 1.79 bits per heavy atom. The molecule has 1 aliphatic heterocycles. The van der Waals surface area contributed by atoms with E-state index < -0.39 is 28.4 Å². The van der Waals surface area contributed by atoms with Crippen LogP contribution in [0.1, 0.15) is 94.8 Å². The predicted octanol–water partition coefficient (Wildman–Crippen LogP) is 5.96. The van der Waals surface area contributed by atoms with E-state index in [1.165, 1.54) is 61.1 Å². The van der Waals surface area contributed by atoms with E-state index in [0.29, 0.717) is 25.4 Å². The summed E-state index contributed by atoms with van der Waals surface area (Å²) in [5.41, 5.74) is -1.80. The number of hydrogen-bond acceptors (Lipinski definition) is 5. The molecular weight excluding hydrogens is 535 g/mol. The van der Waals surface area contributed by atoms with Gasteiger partial charge in [0.1, 0.15) is 5.82 Å². The van der Waals surface area contributed by atoms with Gasteiger partial charge in [-0.05, 0) is 44.6 Å². The van der Waals surface area contributed by atoms with E-state index in [2.05, 4.69) is 0 Å². The van der Waals surface area contributed by atoms with Gasteiger partial charge in [0.2, 0.25) is 5.91 Å². The van der Waals surface area contributed by atoms with Gasteiger partial charge in [-0.3, -0.25) is 9.59 Å². The predicted molar refractivity (Wildman–Crippen MR) is 159 cm³/mol. The lowest BCUT2D eigenvalue weighted by Crippen LogP contribution is -2.62. The number of piperidine rings is 1. The first-order chi connectivity index (χ1) is 20.2. The maximum absolute atomic E-state index is 14.7. The third-order valence-corrected chi connectivity index (χ3v) is 10.2. The number of pyridine rings is 1. The number of aliphatic hydroxyl groups is 1. The summed E-state index contributed by atoms with van der Waals surface area (Å²) in [5.74, 6) is -0.450. The summed E-state index contributed by atoms with van der Waals surface area (Å²) < 4.78 is 21.4. The minimum Gasteiger partial charge on any atom is -0.462 e. The maximum atomic E-state index is 14.7. The first-order valence-corrected chi connectivity index (χ1v) is 15.8. The second-order valence-electron chi connectivity index (χ2n) is 12.9. The number of rotatable bonds is 8. The molecule has 2 unspecified atom stereocenters. The quantitative estimate of drug-likeness (QED) is 0.389. The molecule has 2 aromatic rings. The van der Waals surface area contributed by atoms with Crippen LogP contribution in [0, 0.1) is 23.1 Å². The highest BCUT2D eigenvalue weighted by Crippen LogP contribution is 2.52. The lowest BCUT2D eigenvalue weighted by Gasteiger charge is -2.53. The molecule has 2 atom stereocenters. The van der Waals surface area contributed by atoms with E-state index in [-0.39, 0.29) is 41.7 Å². The lowest BCUT2D eigenvalue weighted by molar-refractivity contribution is -0.163. The van der Waals surface area contributed by atoms with Gasteiger partial charge in [-0.2, -0.15) is 0 Å². The van der Waals surface area contributed by atoms with Gasteiger partial charge in [-0.15, -0.1) is 0 Å². The van der Waals surface area contributed by atoms with E-state index in [1.807, 2.05) is 11.8 Å². The molecule has 3 fully saturated rings. The molecule has 1 aromatic carbocycles. The second kappa shape index (κ2) is 12.7. The normalized spacial score (nSPS) is 23.2. The first-order valence-electron chi connectivity index (χ1n) is 15.8. The van der Waals surface area contributed by atoms with E-state index >= 15 is 0 Å². The molecule has 228 valence electrons. The highest BCUT2D eigenvalue weighted by Gasteiger charge is 2.55. The Bertz CT molecular complexity index is 1340. The van der Waals surface area contributed by atoms with Crippen molar-refractivity contribution in [2.75, 3.05) is 19.7 Å². The third-order valence-electron chi connectivity index (χ3n) is 10.2. The van der Waals surface area contributed by atoms with Crippen LogP contribution in [-0.4, -0.2) is 51.7 Å². The zero-order valence-electron chi connectivity index (χ0n) is 25.1. The Morgan fingerprint density at radius 3 is 2.48 bits per heavy atom. The third kappa shape index (κ3) is 6.05. The van der Waals surface area contributed by atoms with Crippen molar-refractivity contribution in [2.45, 2.75) is 96.6 Å². The minimum absolute atomic E-state index is 0.00452. The molecule has 7 nitrogen and oxygen atoms in total. The fraction of sp³-hybridized carbons (Fsp3) is 0.618. The van der Waals surface area contributed by atoms with Crippen molar-refractivity contribution in [1.82, 2.24) is 9.47 Å². The largest absolute Gasteiger partial charge is 0.462 e. The number of likely N-dealkylation sites (tertiary alicyclic amines) is 1. The highest BCUT2D eigenvalue weighted by atomic mass is 19.1. The van der Waals surface area contributed by atoms with Crippen molar-refractivity contribution in [3.05, 3.63) is 58.3 Å². The molecule has 1 amide bonds. The van der Waals surface area contributed by atoms with Crippen molar-refractivity contribution in [2.24, 2.45) is 17.3 Å². The van der Waals surface area contributed by atoms with Crippen molar-refractivity contribution < 1.29 is 23.8 Å². The van der Waals surface area contributed by atoms with Crippen LogP contribution < -0.4 is 5.56 Å². The Hall–Kier alpha value is -3.00. The number of hydrogen-bond donors (Lipinski definition) is 1. The van der Waals surface area contributed by atoms with E-state index in [9.17, 15) is 23.9 Å². The molecule has 1 aromatic heterocycles. The van der Waals surface area contributed by atoms with Crippen LogP contribution in [-0.2, 0) is 16.1 Å². The summed E-state index contributed by atoms with van der Waals surface area (Å²) in [5, 5.41) is 12.3. The molecule has 1 N–H and O–H groups in total. The summed E-state index contributed by atoms with van der Waals surface area (Å²) in [6.45, 7) is 4.77. The molecule has 1 spiro atoms. The highest BCUT2D eigenvalue weighted by molar-refractivity contribution is 5.97. The Kier molecular flexibility index (Phi) is 9.21. The van der Waals surface area contributed by atoms with E-state index in [0.717, 1.165) is 32.1 Å². The topological polar surface area (TPSA) is 88.8 Å². The second-order valence-corrected chi connectivity index (χ2v) is 12.9. The number of aromatic nitrogens is 1. The summed E-state index contributed by atoms with van der Waals surface area (Å²) in [7, 11) is 0. The van der Waals surface area contributed by atoms with Gasteiger partial charge in [-0.25, -0.2) is 9.18 Å². The lowest BCUT2D eigenvalue weighted by atomic mass is 9.65. The van der Waals surface area contributed by atoms with Gasteiger partial charge in [0.05, 0.1) is 24.3 Å². The number of carbonyl (C=O) groups is 2. The van der Waals surface area contributed by atoms with Crippen molar-refractivity contribution >= 4 is 11.9 Å². The smallest absolute Gasteiger partial charge is 0.340 e. The number of esters is 1. The molecule has 5 rings (SSSR count). The van der Waals surface area contributed by atoms with Gasteiger partial charge < -0.3 is 19.3 Å². The summed E-state index contributed by atoms with van der Waals surface area (Å²) in [4.78, 5) is 42.0. The average molecular weight is 581 g/mol. The van der Waals surface area contributed by atoms with Crippen LogP contribution in [0.3, 0.4) is 0 Å². The molecule has 8 heteroatoms. The molecule has 2 saturated carbocycles. The van der Waals surface area contributed by atoms with Crippen molar-refractivity contribution in [1.29, 1.82) is 0 Å². The zero-order chi connectivity index (χ0) is 29.9. The van der Waals surface area contributed by atoms with Crippen LogP contribution in [0.2, 0.25) is 0 Å². The van der Waals surface area contributed by atoms with Crippen LogP contribution in [0.15, 0.2) is 41.3 Å². The number of ether oxygens (including phenoxy) is 1. The van der Waals surface area contributed by atoms with Gasteiger partial charge in [0, 0.05) is 47.8 Å². The average Bonchev–Trinajstić information content (AvgIpc) is 3.46. The monoisotopic (exact) mass is 580 g/mol. The fourth-order valence-electron chi connectivity index (χ4n) is 7.87. The number of amides is 1. The van der Waals surface area contributed by atoms with Gasteiger partial charge in [0.15, 0.2) is 0 Å². The van der Waals surface area contributed by atoms with Crippen LogP contribution >= 0.6 is 0 Å². The maximum Gasteiger partial charge on any atom is 0.340 e. The molecule has 0 radical (unpaired) electrons. The molecule has 3 aliphatic rings. The SMILES string of the molecule is CCOC(=O)c1cn(CC2(O)CCN(C(=O)C(C)CC3CCCCC3)CC23CCCC3)c(=O)cc1-c1ccccc1F. The Labute approximate surface area is 248 Å². The number of nitrogens with zero attached hydrogens (tertiary/aromatic N) is 2. The zero-order valence-corrected chi connectivity index (χ0v) is 25.1. The number of halogens is 1. The van der Waals surface area contributed by atoms with Crippen LogP contribution in [0.5, 0.6) is 0 Å². The standard InChI is InChI=1S/C34H45FN2O5/c1-3-42-32(40)28-21-37(30(38)20-27(28)26-13-7-8-14-29(26)35)23-34(41)17-18-36(22-33(34)15-9-10-16-33)31(39)24(2)19-25-11-5-4-6-12-25/h7-8,13-14,20-21,24-25,41H,3-6,9-12,15-19,22-23H2,1-2H3. The van der Waals surface area contributed by atoms with Gasteiger partial charge >= 0.3 is 5.97 Å². The molecular formula is C34H45FN2O5. The summed E-state index contributed by atoms with van der Waals surface area (Å²) in [6.07, 6.45) is 12.4. The molecule has 2 heterocycles. The van der Waals surface area contributed by atoms with Gasteiger partial charge in [-0.1, -0.05) is 70.1 Å². The van der Waals surface area contributed by atoms with Crippen LogP contribution in [0.4, 0.5) is 4.39 Å². The van der Waals surface area contributed by atoms with E-state index in [4.69, 9.17) is 4.74 Å². The minimum atomic E-state index is -1.23. The van der Waals surface area contributed by atoms with E-state index in [1.54, 1.807) is 19.1 Å². The number of benzene rings is 1. The first kappa shape index (κ1) is 30.5. The molecule has 0 bridgehead atoms. The fourth-order valence-corrected chi connectivity index (χ4v) is 7.87.